The maximum Gasteiger partial charge on any atom is 0.407 e. The highest BCUT2D eigenvalue weighted by molar-refractivity contribution is 5.85. The first-order valence-electron chi connectivity index (χ1n) is 12.1. The Morgan fingerprint density at radius 3 is 2.24 bits per heavy atom. The van der Waals surface area contributed by atoms with Crippen molar-refractivity contribution >= 4 is 18.0 Å². The van der Waals surface area contributed by atoms with Crippen LogP contribution in [-0.4, -0.2) is 42.3 Å². The number of benzene rings is 2. The minimum atomic E-state index is -1.03. The monoisotopic (exact) mass is 464 g/mol. The van der Waals surface area contributed by atoms with E-state index in [1.165, 1.54) is 11.1 Å². The lowest BCUT2D eigenvalue weighted by Crippen LogP contribution is -2.47. The molecule has 0 heterocycles. The summed E-state index contributed by atoms with van der Waals surface area (Å²) in [6.45, 7) is 2.31. The van der Waals surface area contributed by atoms with Crippen LogP contribution in [0.15, 0.2) is 48.5 Å². The zero-order chi connectivity index (χ0) is 24.1. The number of nitrogens with one attached hydrogen (secondary N) is 2. The van der Waals surface area contributed by atoms with Crippen LogP contribution in [0, 0.1) is 11.8 Å². The summed E-state index contributed by atoms with van der Waals surface area (Å²) in [7, 11) is 0. The molecule has 0 spiro atoms. The molecule has 34 heavy (non-hydrogen) atoms. The van der Waals surface area contributed by atoms with Crippen molar-refractivity contribution < 1.29 is 24.2 Å². The molecule has 2 aliphatic carbocycles. The molecule has 0 saturated heterocycles. The first kappa shape index (κ1) is 23.8. The number of carbonyl (C=O) groups excluding carboxylic acids is 2. The number of alkyl carbamates (subject to hydrolysis) is 1. The van der Waals surface area contributed by atoms with Crippen LogP contribution in [0.4, 0.5) is 4.79 Å². The summed E-state index contributed by atoms with van der Waals surface area (Å²) in [6, 6.07) is 15.5. The number of ether oxygens (including phenoxy) is 1. The van der Waals surface area contributed by atoms with E-state index < -0.39 is 18.1 Å². The summed E-state index contributed by atoms with van der Waals surface area (Å²) in [6.07, 6.45) is 3.24. The van der Waals surface area contributed by atoms with Gasteiger partial charge in [0.05, 0.1) is 0 Å². The molecule has 1 saturated carbocycles. The van der Waals surface area contributed by atoms with Crippen LogP contribution >= 0.6 is 0 Å². The van der Waals surface area contributed by atoms with Crippen molar-refractivity contribution in [2.24, 2.45) is 11.8 Å². The van der Waals surface area contributed by atoms with Gasteiger partial charge in [0.1, 0.15) is 12.6 Å². The topological polar surface area (TPSA) is 105 Å². The molecule has 3 N–H and O–H groups in total. The van der Waals surface area contributed by atoms with Crippen LogP contribution in [0.25, 0.3) is 11.1 Å². The standard InChI is InChI=1S/C27H32N2O5/c1-2-24(26(31)32)29-25(30)18-10-4-3-9-17(18)15-28-27(33)34-16-23-21-13-7-5-11-19(21)20-12-6-8-14-22(20)23/h5-8,11-14,17-18,23-24H,2-4,9-10,15-16H2,1H3,(H,28,33)(H,29,30)(H,31,32). The van der Waals surface area contributed by atoms with E-state index in [0.717, 1.165) is 30.4 Å². The number of fused-ring (bicyclic) bond motifs is 3. The van der Waals surface area contributed by atoms with Gasteiger partial charge in [-0.2, -0.15) is 0 Å². The van der Waals surface area contributed by atoms with Crippen LogP contribution in [-0.2, 0) is 14.3 Å². The van der Waals surface area contributed by atoms with Crippen LogP contribution in [0.5, 0.6) is 0 Å². The molecule has 2 aliphatic rings. The molecule has 7 nitrogen and oxygen atoms in total. The fraction of sp³-hybridized carbons (Fsp3) is 0.444. The van der Waals surface area contributed by atoms with Gasteiger partial charge in [-0.25, -0.2) is 9.59 Å². The van der Waals surface area contributed by atoms with E-state index in [0.29, 0.717) is 19.4 Å². The maximum atomic E-state index is 12.7. The molecule has 0 bridgehead atoms. The lowest BCUT2D eigenvalue weighted by atomic mass is 9.78. The van der Waals surface area contributed by atoms with Gasteiger partial charge in [0.15, 0.2) is 0 Å². The van der Waals surface area contributed by atoms with Crippen molar-refractivity contribution in [2.45, 2.75) is 51.0 Å². The third-order valence-corrected chi connectivity index (χ3v) is 7.12. The lowest BCUT2D eigenvalue weighted by molar-refractivity contribution is -0.143. The predicted octanol–water partition coefficient (Wildman–Crippen LogP) is 4.31. The van der Waals surface area contributed by atoms with Gasteiger partial charge in [-0.3, -0.25) is 4.79 Å². The highest BCUT2D eigenvalue weighted by atomic mass is 16.5. The molecular weight excluding hydrogens is 432 g/mol. The summed E-state index contributed by atoms with van der Waals surface area (Å²) in [4.78, 5) is 36.6. The van der Waals surface area contributed by atoms with Gasteiger partial charge in [-0.1, -0.05) is 68.3 Å². The van der Waals surface area contributed by atoms with E-state index in [-0.39, 0.29) is 30.3 Å². The zero-order valence-corrected chi connectivity index (χ0v) is 19.5. The van der Waals surface area contributed by atoms with Crippen molar-refractivity contribution in [3.8, 4) is 11.1 Å². The average molecular weight is 465 g/mol. The smallest absolute Gasteiger partial charge is 0.407 e. The summed E-state index contributed by atoms with van der Waals surface area (Å²) in [5, 5.41) is 14.7. The molecule has 0 aliphatic heterocycles. The Morgan fingerprint density at radius 1 is 1.00 bits per heavy atom. The number of hydrogen-bond donors (Lipinski definition) is 3. The van der Waals surface area contributed by atoms with Crippen molar-refractivity contribution in [1.29, 1.82) is 0 Å². The summed E-state index contributed by atoms with van der Waals surface area (Å²) < 4.78 is 5.61. The fourth-order valence-electron chi connectivity index (χ4n) is 5.28. The van der Waals surface area contributed by atoms with Gasteiger partial charge >= 0.3 is 12.1 Å². The second kappa shape index (κ2) is 10.7. The highest BCUT2D eigenvalue weighted by Gasteiger charge is 2.33. The van der Waals surface area contributed by atoms with Crippen molar-refractivity contribution in [3.05, 3.63) is 59.7 Å². The Morgan fingerprint density at radius 2 is 1.62 bits per heavy atom. The molecular formula is C27H32N2O5. The van der Waals surface area contributed by atoms with Gasteiger partial charge in [0.25, 0.3) is 0 Å². The normalized spacial score (nSPS) is 20.0. The first-order chi connectivity index (χ1) is 16.5. The van der Waals surface area contributed by atoms with E-state index in [1.807, 2.05) is 24.3 Å². The van der Waals surface area contributed by atoms with Crippen LogP contribution in [0.1, 0.15) is 56.1 Å². The highest BCUT2D eigenvalue weighted by Crippen LogP contribution is 2.44. The van der Waals surface area contributed by atoms with Gasteiger partial charge in [0.2, 0.25) is 5.91 Å². The molecule has 3 atom stereocenters. The van der Waals surface area contributed by atoms with Crippen LogP contribution in [0.3, 0.4) is 0 Å². The van der Waals surface area contributed by atoms with Crippen LogP contribution < -0.4 is 10.6 Å². The molecule has 3 unspecified atom stereocenters. The average Bonchev–Trinajstić information content (AvgIpc) is 3.18. The van der Waals surface area contributed by atoms with Crippen molar-refractivity contribution in [3.63, 3.8) is 0 Å². The molecule has 2 aromatic carbocycles. The number of carbonyl (C=O) groups is 3. The maximum absolute atomic E-state index is 12.7. The third-order valence-electron chi connectivity index (χ3n) is 7.12. The van der Waals surface area contributed by atoms with Gasteiger partial charge < -0.3 is 20.5 Å². The van der Waals surface area contributed by atoms with E-state index >= 15 is 0 Å². The molecule has 2 amide bonds. The molecule has 0 radical (unpaired) electrons. The lowest BCUT2D eigenvalue weighted by Gasteiger charge is -2.31. The van der Waals surface area contributed by atoms with Crippen molar-refractivity contribution in [1.82, 2.24) is 10.6 Å². The second-order valence-corrected chi connectivity index (χ2v) is 9.17. The Labute approximate surface area is 199 Å². The summed E-state index contributed by atoms with van der Waals surface area (Å²) in [5.41, 5.74) is 4.67. The van der Waals surface area contributed by atoms with Gasteiger partial charge in [-0.15, -0.1) is 0 Å². The van der Waals surface area contributed by atoms with E-state index in [4.69, 9.17) is 4.74 Å². The Kier molecular flexibility index (Phi) is 7.50. The molecule has 180 valence electrons. The molecule has 4 rings (SSSR count). The SMILES string of the molecule is CCC(NC(=O)C1CCCCC1CNC(=O)OCC1c2ccccc2-c2ccccc21)C(=O)O. The van der Waals surface area contributed by atoms with Crippen molar-refractivity contribution in [2.75, 3.05) is 13.2 Å². The first-order valence-corrected chi connectivity index (χ1v) is 12.1. The minimum absolute atomic E-state index is 0.00615. The third kappa shape index (κ3) is 5.08. The van der Waals surface area contributed by atoms with Gasteiger partial charge in [0, 0.05) is 18.4 Å². The summed E-state index contributed by atoms with van der Waals surface area (Å²) in [5.74, 6) is -1.63. The number of aliphatic carboxylic acids is 1. The molecule has 0 aromatic heterocycles. The number of hydrogen-bond acceptors (Lipinski definition) is 4. The fourth-order valence-corrected chi connectivity index (χ4v) is 5.28. The number of amides is 2. The largest absolute Gasteiger partial charge is 0.480 e. The summed E-state index contributed by atoms with van der Waals surface area (Å²) >= 11 is 0. The number of carboxylic acid groups (broad SMARTS) is 1. The Bertz CT molecular complexity index is 1010. The second-order valence-electron chi connectivity index (χ2n) is 9.17. The van der Waals surface area contributed by atoms with E-state index in [9.17, 15) is 19.5 Å². The Hall–Kier alpha value is -3.35. The zero-order valence-electron chi connectivity index (χ0n) is 19.5. The predicted molar refractivity (Wildman–Crippen MR) is 128 cm³/mol. The minimum Gasteiger partial charge on any atom is -0.480 e. The quantitative estimate of drug-likeness (QED) is 0.540. The van der Waals surface area contributed by atoms with Gasteiger partial charge in [-0.05, 0) is 47.4 Å². The van der Waals surface area contributed by atoms with E-state index in [1.54, 1.807) is 6.92 Å². The molecule has 1 fully saturated rings. The van der Waals surface area contributed by atoms with E-state index in [2.05, 4.69) is 34.9 Å². The molecule has 2 aromatic rings. The number of rotatable bonds is 8. The number of carboxylic acids is 1. The van der Waals surface area contributed by atoms with Crippen LogP contribution in [0.2, 0.25) is 0 Å². The molecule has 7 heteroatoms. The Balaban J connectivity index is 1.33.